The van der Waals surface area contributed by atoms with Crippen LogP contribution in [0.4, 0.5) is 10.1 Å². The lowest BCUT2D eigenvalue weighted by molar-refractivity contribution is 0.628. The Morgan fingerprint density at radius 2 is 2.00 bits per heavy atom. The van der Waals surface area contributed by atoms with Gasteiger partial charge in [-0.25, -0.2) is 9.37 Å². The fourth-order valence-electron chi connectivity index (χ4n) is 2.81. The number of nitrogen functional groups attached to an aromatic ring is 1. The third kappa shape index (κ3) is 1.98. The molecule has 0 spiro atoms. The summed E-state index contributed by atoms with van der Waals surface area (Å²) in [5.74, 6) is 0.388. The number of nitrogens with zero attached hydrogens (tertiary/aromatic N) is 2. The molecule has 0 saturated heterocycles. The maximum absolute atomic E-state index is 14.3. The van der Waals surface area contributed by atoms with Crippen LogP contribution in [-0.2, 0) is 0 Å². The Labute approximate surface area is 122 Å². The van der Waals surface area contributed by atoms with Crippen molar-refractivity contribution in [3.8, 4) is 11.4 Å². The molecule has 1 aliphatic rings. The number of nitrogens with two attached hydrogens (primary N) is 1. The van der Waals surface area contributed by atoms with Crippen LogP contribution in [0.1, 0.15) is 24.4 Å². The molecule has 2 N–H and O–H groups in total. The summed E-state index contributed by atoms with van der Waals surface area (Å²) in [6.45, 7) is 2.04. The molecule has 0 radical (unpaired) electrons. The van der Waals surface area contributed by atoms with Gasteiger partial charge in [-0.1, -0.05) is 6.07 Å². The first kappa shape index (κ1) is 12.4. The predicted octanol–water partition coefficient (Wildman–Crippen LogP) is 4.07. The highest BCUT2D eigenvalue weighted by Gasteiger charge is 2.29. The summed E-state index contributed by atoms with van der Waals surface area (Å²) >= 11 is 0. The number of hydrogen-bond donors (Lipinski definition) is 1. The van der Waals surface area contributed by atoms with Crippen LogP contribution in [0.2, 0.25) is 0 Å². The van der Waals surface area contributed by atoms with E-state index < -0.39 is 0 Å². The smallest absolute Gasteiger partial charge is 0.144 e. The third-order valence-corrected chi connectivity index (χ3v) is 3.99. The van der Waals surface area contributed by atoms with E-state index in [9.17, 15) is 4.39 Å². The number of anilines is 1. The summed E-state index contributed by atoms with van der Waals surface area (Å²) in [5, 5.41) is 0. The van der Waals surface area contributed by atoms with Crippen LogP contribution in [-0.4, -0.2) is 9.55 Å². The van der Waals surface area contributed by atoms with Crippen LogP contribution in [0.15, 0.2) is 36.4 Å². The van der Waals surface area contributed by atoms with Crippen molar-refractivity contribution in [3.05, 3.63) is 47.8 Å². The molecule has 1 saturated carbocycles. The maximum atomic E-state index is 14.3. The molecule has 0 bridgehead atoms. The van der Waals surface area contributed by atoms with Gasteiger partial charge in [-0.2, -0.15) is 0 Å². The van der Waals surface area contributed by atoms with Crippen molar-refractivity contribution in [2.45, 2.75) is 25.8 Å². The number of halogens is 1. The molecular formula is C17H16FN3. The number of imidazole rings is 1. The number of fused-ring (bicyclic) bond motifs is 1. The molecular weight excluding hydrogens is 265 g/mol. The van der Waals surface area contributed by atoms with E-state index >= 15 is 0 Å². The summed E-state index contributed by atoms with van der Waals surface area (Å²) in [7, 11) is 0. The van der Waals surface area contributed by atoms with Gasteiger partial charge in [0.1, 0.15) is 11.6 Å². The van der Waals surface area contributed by atoms with Gasteiger partial charge in [-0.3, -0.25) is 0 Å². The topological polar surface area (TPSA) is 43.8 Å². The molecule has 1 heterocycles. The molecule has 4 rings (SSSR count). The molecule has 2 aromatic carbocycles. The molecule has 3 nitrogen and oxygen atoms in total. The molecule has 1 aliphatic carbocycles. The Morgan fingerprint density at radius 3 is 2.71 bits per heavy atom. The second-order valence-corrected chi connectivity index (χ2v) is 5.77. The Kier molecular flexibility index (Phi) is 2.55. The van der Waals surface area contributed by atoms with E-state index in [1.807, 2.05) is 13.0 Å². The van der Waals surface area contributed by atoms with Gasteiger partial charge in [-0.15, -0.1) is 0 Å². The summed E-state index contributed by atoms with van der Waals surface area (Å²) < 4.78 is 16.4. The van der Waals surface area contributed by atoms with Crippen LogP contribution in [0.5, 0.6) is 0 Å². The SMILES string of the molecule is Cc1ccc2c(c1)nc(-c1ccc(N)cc1F)n2C1CC1. The Morgan fingerprint density at radius 1 is 1.19 bits per heavy atom. The fraction of sp³-hybridized carbons (Fsp3) is 0.235. The summed E-state index contributed by atoms with van der Waals surface area (Å²) in [5.41, 5.74) is 9.76. The minimum atomic E-state index is -0.316. The van der Waals surface area contributed by atoms with Gasteiger partial charge in [-0.05, 0) is 55.7 Å². The van der Waals surface area contributed by atoms with E-state index in [1.54, 1.807) is 12.1 Å². The molecule has 0 aliphatic heterocycles. The second kappa shape index (κ2) is 4.32. The number of aryl methyl sites for hydroxylation is 1. The maximum Gasteiger partial charge on any atom is 0.144 e. The van der Waals surface area contributed by atoms with Gasteiger partial charge in [0.25, 0.3) is 0 Å². The van der Waals surface area contributed by atoms with Gasteiger partial charge in [0.05, 0.1) is 16.6 Å². The van der Waals surface area contributed by atoms with Crippen LogP contribution < -0.4 is 5.73 Å². The predicted molar refractivity (Wildman–Crippen MR) is 82.5 cm³/mol. The standard InChI is InChI=1S/C17H16FN3/c1-10-2-7-16-15(8-10)20-17(21(16)12-4-5-12)13-6-3-11(19)9-14(13)18/h2-3,6-9,12H,4-5,19H2,1H3. The molecule has 0 amide bonds. The molecule has 106 valence electrons. The van der Waals surface area contributed by atoms with E-state index in [-0.39, 0.29) is 5.82 Å². The van der Waals surface area contributed by atoms with Crippen molar-refractivity contribution in [2.75, 3.05) is 5.73 Å². The average Bonchev–Trinajstić information content (AvgIpc) is 3.20. The normalized spacial score (nSPS) is 14.8. The first-order chi connectivity index (χ1) is 10.1. The van der Waals surface area contributed by atoms with Crippen molar-refractivity contribution < 1.29 is 4.39 Å². The summed E-state index contributed by atoms with van der Waals surface area (Å²) in [6, 6.07) is 11.4. The highest BCUT2D eigenvalue weighted by molar-refractivity contribution is 5.82. The molecule has 1 aromatic heterocycles. The largest absolute Gasteiger partial charge is 0.399 e. The monoisotopic (exact) mass is 281 g/mol. The lowest BCUT2D eigenvalue weighted by Gasteiger charge is -2.09. The van der Waals surface area contributed by atoms with Crippen molar-refractivity contribution in [2.24, 2.45) is 0 Å². The van der Waals surface area contributed by atoms with Crippen LogP contribution in [0.25, 0.3) is 22.4 Å². The van der Waals surface area contributed by atoms with Crippen molar-refractivity contribution in [3.63, 3.8) is 0 Å². The Hall–Kier alpha value is -2.36. The first-order valence-corrected chi connectivity index (χ1v) is 7.17. The lowest BCUT2D eigenvalue weighted by Crippen LogP contribution is -1.99. The van der Waals surface area contributed by atoms with Crippen LogP contribution in [0, 0.1) is 12.7 Å². The van der Waals surface area contributed by atoms with Crippen molar-refractivity contribution in [1.82, 2.24) is 9.55 Å². The number of aromatic nitrogens is 2. The van der Waals surface area contributed by atoms with E-state index in [0.717, 1.165) is 29.4 Å². The minimum absolute atomic E-state index is 0.316. The summed E-state index contributed by atoms with van der Waals surface area (Å²) in [6.07, 6.45) is 2.26. The van der Waals surface area contributed by atoms with Crippen LogP contribution >= 0.6 is 0 Å². The van der Waals surface area contributed by atoms with Gasteiger partial charge >= 0.3 is 0 Å². The zero-order valence-electron chi connectivity index (χ0n) is 11.8. The highest BCUT2D eigenvalue weighted by atomic mass is 19.1. The van der Waals surface area contributed by atoms with E-state index in [4.69, 9.17) is 5.73 Å². The first-order valence-electron chi connectivity index (χ1n) is 7.17. The van der Waals surface area contributed by atoms with Gasteiger partial charge in [0.15, 0.2) is 0 Å². The molecule has 4 heteroatoms. The molecule has 3 aromatic rings. The minimum Gasteiger partial charge on any atom is -0.399 e. The number of rotatable bonds is 2. The van der Waals surface area contributed by atoms with Gasteiger partial charge in [0, 0.05) is 11.7 Å². The summed E-state index contributed by atoms with van der Waals surface area (Å²) in [4.78, 5) is 4.68. The van der Waals surface area contributed by atoms with E-state index in [1.165, 1.54) is 6.07 Å². The van der Waals surface area contributed by atoms with Crippen molar-refractivity contribution in [1.29, 1.82) is 0 Å². The van der Waals surface area contributed by atoms with E-state index in [2.05, 4.69) is 21.7 Å². The second-order valence-electron chi connectivity index (χ2n) is 5.77. The molecule has 0 unspecified atom stereocenters. The van der Waals surface area contributed by atoms with Gasteiger partial charge < -0.3 is 10.3 Å². The van der Waals surface area contributed by atoms with Gasteiger partial charge in [0.2, 0.25) is 0 Å². The zero-order chi connectivity index (χ0) is 14.6. The highest BCUT2D eigenvalue weighted by Crippen LogP contribution is 2.41. The number of benzene rings is 2. The lowest BCUT2D eigenvalue weighted by atomic mass is 10.2. The zero-order valence-corrected chi connectivity index (χ0v) is 11.8. The van der Waals surface area contributed by atoms with Crippen molar-refractivity contribution >= 4 is 16.7 Å². The fourth-order valence-corrected chi connectivity index (χ4v) is 2.81. The Bertz CT molecular complexity index is 847. The number of hydrogen-bond acceptors (Lipinski definition) is 2. The quantitative estimate of drug-likeness (QED) is 0.720. The Balaban J connectivity index is 2.01. The molecule has 21 heavy (non-hydrogen) atoms. The molecule has 0 atom stereocenters. The van der Waals surface area contributed by atoms with E-state index in [0.29, 0.717) is 23.1 Å². The third-order valence-electron chi connectivity index (χ3n) is 3.99. The molecule has 1 fully saturated rings. The average molecular weight is 281 g/mol. The van der Waals surface area contributed by atoms with Crippen LogP contribution in [0.3, 0.4) is 0 Å².